The first-order valence-corrected chi connectivity index (χ1v) is 5.21. The Morgan fingerprint density at radius 3 is 2.56 bits per heavy atom. The molecule has 3 rings (SSSR count). The van der Waals surface area contributed by atoms with Gasteiger partial charge in [-0.05, 0) is 17.7 Å². The van der Waals surface area contributed by atoms with Crippen LogP contribution in [0.4, 0.5) is 10.2 Å². The summed E-state index contributed by atoms with van der Waals surface area (Å²) < 4.78 is 12.9. The molecule has 0 saturated carbocycles. The number of aromatic nitrogens is 5. The number of anilines is 1. The molecule has 0 unspecified atom stereocenters. The number of benzene rings is 1. The van der Waals surface area contributed by atoms with Gasteiger partial charge in [-0.2, -0.15) is 20.5 Å². The number of nitrogens with one attached hydrogen (secondary N) is 2. The molecule has 0 spiro atoms. The molecular weight excluding hydrogens is 235 g/mol. The second-order valence-corrected chi connectivity index (χ2v) is 3.72. The molecule has 90 valence electrons. The van der Waals surface area contributed by atoms with Crippen LogP contribution in [-0.4, -0.2) is 25.6 Å². The van der Waals surface area contributed by atoms with E-state index in [0.29, 0.717) is 22.8 Å². The molecule has 0 fully saturated rings. The van der Waals surface area contributed by atoms with Crippen molar-refractivity contribution in [1.82, 2.24) is 25.6 Å². The summed E-state index contributed by atoms with van der Waals surface area (Å²) in [6.07, 6.45) is 1.56. The fourth-order valence-corrected chi connectivity index (χ4v) is 1.77. The molecule has 0 aliphatic rings. The summed E-state index contributed by atoms with van der Waals surface area (Å²) in [4.78, 5) is 0. The number of halogens is 1. The van der Waals surface area contributed by atoms with Gasteiger partial charge in [0.05, 0.1) is 17.5 Å². The normalized spacial score (nSPS) is 10.7. The minimum Gasteiger partial charge on any atom is -0.382 e. The lowest BCUT2D eigenvalue weighted by atomic mass is 10.0. The maximum atomic E-state index is 12.9. The number of hydrogen-bond acceptors (Lipinski definition) is 4. The fourth-order valence-electron chi connectivity index (χ4n) is 1.77. The van der Waals surface area contributed by atoms with Crippen molar-refractivity contribution in [1.29, 1.82) is 0 Å². The fraction of sp³-hybridized carbons (Fsp3) is 0. The van der Waals surface area contributed by atoms with Crippen LogP contribution in [0.25, 0.3) is 22.5 Å². The van der Waals surface area contributed by atoms with E-state index >= 15 is 0 Å². The molecule has 0 aliphatic carbocycles. The van der Waals surface area contributed by atoms with Crippen LogP contribution < -0.4 is 5.73 Å². The minimum absolute atomic E-state index is 0.302. The monoisotopic (exact) mass is 244 g/mol. The summed E-state index contributed by atoms with van der Waals surface area (Å²) in [6.45, 7) is 0. The predicted octanol–water partition coefficient (Wildman–Crippen LogP) is 1.58. The van der Waals surface area contributed by atoms with Crippen molar-refractivity contribution in [2.45, 2.75) is 0 Å². The Balaban J connectivity index is 2.17. The van der Waals surface area contributed by atoms with E-state index in [1.807, 2.05) is 0 Å². The Labute approximate surface area is 101 Å². The summed E-state index contributed by atoms with van der Waals surface area (Å²) in [5, 5.41) is 17.0. The first kappa shape index (κ1) is 10.5. The zero-order valence-corrected chi connectivity index (χ0v) is 9.18. The van der Waals surface area contributed by atoms with Crippen LogP contribution in [0, 0.1) is 5.82 Å². The molecule has 7 heteroatoms. The zero-order valence-electron chi connectivity index (χ0n) is 9.18. The van der Waals surface area contributed by atoms with Gasteiger partial charge in [-0.1, -0.05) is 12.1 Å². The number of aromatic amines is 2. The molecule has 3 aromatic rings. The van der Waals surface area contributed by atoms with Gasteiger partial charge in [0.1, 0.15) is 11.5 Å². The Bertz CT molecular complexity index is 655. The second kappa shape index (κ2) is 3.95. The third-order valence-corrected chi connectivity index (χ3v) is 2.60. The molecule has 0 radical (unpaired) electrons. The van der Waals surface area contributed by atoms with Gasteiger partial charge >= 0.3 is 0 Å². The highest BCUT2D eigenvalue weighted by molar-refractivity contribution is 5.86. The van der Waals surface area contributed by atoms with E-state index in [1.165, 1.54) is 12.1 Å². The largest absolute Gasteiger partial charge is 0.382 e. The number of nitrogen functional groups attached to an aromatic ring is 1. The van der Waals surface area contributed by atoms with Crippen LogP contribution in [0.1, 0.15) is 0 Å². The number of nitrogens with two attached hydrogens (primary N) is 1. The Morgan fingerprint density at radius 1 is 1.11 bits per heavy atom. The van der Waals surface area contributed by atoms with Crippen LogP contribution in [0.2, 0.25) is 0 Å². The van der Waals surface area contributed by atoms with E-state index in [2.05, 4.69) is 25.6 Å². The first-order chi connectivity index (χ1) is 8.75. The first-order valence-electron chi connectivity index (χ1n) is 5.21. The average molecular weight is 244 g/mol. The molecule has 1 aromatic carbocycles. The van der Waals surface area contributed by atoms with Crippen molar-refractivity contribution < 1.29 is 4.39 Å². The number of nitrogens with zero attached hydrogens (tertiary/aromatic N) is 3. The molecule has 0 bridgehead atoms. The van der Waals surface area contributed by atoms with Crippen molar-refractivity contribution in [2.75, 3.05) is 5.73 Å². The number of rotatable bonds is 2. The molecule has 0 atom stereocenters. The average Bonchev–Trinajstić information content (AvgIpc) is 2.99. The van der Waals surface area contributed by atoms with E-state index in [1.54, 1.807) is 18.3 Å². The van der Waals surface area contributed by atoms with Gasteiger partial charge in [0.15, 0.2) is 5.82 Å². The number of hydrogen-bond donors (Lipinski definition) is 3. The predicted molar refractivity (Wildman–Crippen MR) is 63.8 cm³/mol. The zero-order chi connectivity index (χ0) is 12.5. The smallest absolute Gasteiger partial charge is 0.153 e. The molecule has 0 amide bonds. The lowest BCUT2D eigenvalue weighted by Gasteiger charge is -2.01. The molecule has 2 heterocycles. The highest BCUT2D eigenvalue weighted by atomic mass is 19.1. The highest BCUT2D eigenvalue weighted by Gasteiger charge is 2.16. The van der Waals surface area contributed by atoms with E-state index in [0.717, 1.165) is 5.56 Å². The molecule has 6 nitrogen and oxygen atoms in total. The summed E-state index contributed by atoms with van der Waals surface area (Å²) in [7, 11) is 0. The van der Waals surface area contributed by atoms with Crippen molar-refractivity contribution in [2.24, 2.45) is 0 Å². The van der Waals surface area contributed by atoms with Gasteiger partial charge in [-0.15, -0.1) is 0 Å². The quantitative estimate of drug-likeness (QED) is 0.637. The molecule has 18 heavy (non-hydrogen) atoms. The van der Waals surface area contributed by atoms with Crippen LogP contribution in [0.3, 0.4) is 0 Å². The van der Waals surface area contributed by atoms with E-state index < -0.39 is 0 Å². The van der Waals surface area contributed by atoms with Gasteiger partial charge in [-0.25, -0.2) is 4.39 Å². The number of H-pyrrole nitrogens is 2. The van der Waals surface area contributed by atoms with Crippen molar-refractivity contribution in [3.8, 4) is 22.5 Å². The lowest BCUT2D eigenvalue weighted by molar-refractivity contribution is 0.628. The summed E-state index contributed by atoms with van der Waals surface area (Å²) in [5.74, 6) is 0.0309. The van der Waals surface area contributed by atoms with Gasteiger partial charge in [0, 0.05) is 0 Å². The standard InChI is InChI=1S/C11H9FN6/c12-7-3-1-6(2-4-7)9-10(16-17-11(9)13)8-5-14-18-15-8/h1-5H,(H3,13,16,17)(H,14,15,18). The van der Waals surface area contributed by atoms with Gasteiger partial charge in [0.2, 0.25) is 0 Å². The highest BCUT2D eigenvalue weighted by Crippen LogP contribution is 2.33. The van der Waals surface area contributed by atoms with Crippen molar-refractivity contribution >= 4 is 5.82 Å². The summed E-state index contributed by atoms with van der Waals surface area (Å²) in [5.41, 5.74) is 8.51. The third kappa shape index (κ3) is 1.61. The van der Waals surface area contributed by atoms with E-state index in [9.17, 15) is 4.39 Å². The Morgan fingerprint density at radius 2 is 1.89 bits per heavy atom. The summed E-state index contributed by atoms with van der Waals surface area (Å²) >= 11 is 0. The lowest BCUT2D eigenvalue weighted by Crippen LogP contribution is -1.89. The van der Waals surface area contributed by atoms with Gasteiger partial charge < -0.3 is 5.73 Å². The molecule has 4 N–H and O–H groups in total. The topological polar surface area (TPSA) is 96.3 Å². The van der Waals surface area contributed by atoms with Crippen molar-refractivity contribution in [3.63, 3.8) is 0 Å². The van der Waals surface area contributed by atoms with Crippen LogP contribution in [-0.2, 0) is 0 Å². The van der Waals surface area contributed by atoms with E-state index in [-0.39, 0.29) is 5.82 Å². The van der Waals surface area contributed by atoms with Crippen LogP contribution >= 0.6 is 0 Å². The Hall–Kier alpha value is -2.70. The second-order valence-electron chi connectivity index (χ2n) is 3.72. The summed E-state index contributed by atoms with van der Waals surface area (Å²) in [6, 6.07) is 6.02. The minimum atomic E-state index is -0.302. The van der Waals surface area contributed by atoms with Gasteiger partial charge in [-0.3, -0.25) is 5.10 Å². The Kier molecular flexibility index (Phi) is 2.30. The maximum Gasteiger partial charge on any atom is 0.153 e. The molecule has 0 aliphatic heterocycles. The SMILES string of the molecule is Nc1n[nH]c(-c2cn[nH]n2)c1-c1ccc(F)cc1. The maximum absolute atomic E-state index is 12.9. The van der Waals surface area contributed by atoms with Crippen LogP contribution in [0.15, 0.2) is 30.5 Å². The van der Waals surface area contributed by atoms with E-state index in [4.69, 9.17) is 5.73 Å². The molecular formula is C11H9FN6. The molecule has 0 saturated heterocycles. The van der Waals surface area contributed by atoms with Crippen LogP contribution in [0.5, 0.6) is 0 Å². The van der Waals surface area contributed by atoms with Crippen molar-refractivity contribution in [3.05, 3.63) is 36.3 Å². The third-order valence-electron chi connectivity index (χ3n) is 2.60. The van der Waals surface area contributed by atoms with Gasteiger partial charge in [0.25, 0.3) is 0 Å². The molecule has 2 aromatic heterocycles.